The minimum Gasteiger partial charge on any atom is -0.320 e. The number of hydrogen-bond donors (Lipinski definition) is 1. The largest absolute Gasteiger partial charge is 0.320 e. The second kappa shape index (κ2) is 5.47. The molecule has 0 radical (unpaired) electrons. The van der Waals surface area contributed by atoms with Gasteiger partial charge >= 0.3 is 0 Å². The first kappa shape index (κ1) is 13.6. The molecular weight excluding hydrogens is 368 g/mol. The van der Waals surface area contributed by atoms with Gasteiger partial charge < -0.3 is 5.73 Å². The third-order valence-electron chi connectivity index (χ3n) is 2.60. The van der Waals surface area contributed by atoms with E-state index in [-0.39, 0.29) is 10.0 Å². The summed E-state index contributed by atoms with van der Waals surface area (Å²) in [5, 5.41) is 0. The van der Waals surface area contributed by atoms with Crippen molar-refractivity contribution in [3.8, 4) is 0 Å². The van der Waals surface area contributed by atoms with Gasteiger partial charge in [-0.15, -0.1) is 0 Å². The standard InChI is InChI=1S/C13H9Br2F2N/c14-8-3-1-2-7(6-8)13(18)11-10(16)5-4-9(15)12(11)17/h1-6,13H,18H2. The van der Waals surface area contributed by atoms with Crippen LogP contribution in [0, 0.1) is 11.6 Å². The van der Waals surface area contributed by atoms with E-state index in [1.54, 1.807) is 18.2 Å². The van der Waals surface area contributed by atoms with Crippen molar-refractivity contribution in [3.63, 3.8) is 0 Å². The first-order chi connectivity index (χ1) is 8.50. The van der Waals surface area contributed by atoms with Gasteiger partial charge in [0.25, 0.3) is 0 Å². The van der Waals surface area contributed by atoms with E-state index < -0.39 is 17.7 Å². The zero-order valence-electron chi connectivity index (χ0n) is 9.13. The third-order valence-corrected chi connectivity index (χ3v) is 3.70. The Bertz CT molecular complexity index is 587. The molecule has 5 heteroatoms. The lowest BCUT2D eigenvalue weighted by atomic mass is 9.99. The summed E-state index contributed by atoms with van der Waals surface area (Å²) in [5.41, 5.74) is 6.44. The topological polar surface area (TPSA) is 26.0 Å². The predicted molar refractivity (Wildman–Crippen MR) is 74.2 cm³/mol. The SMILES string of the molecule is NC(c1cccc(Br)c1)c1c(F)ccc(Br)c1F. The Labute approximate surface area is 120 Å². The quantitative estimate of drug-likeness (QED) is 0.765. The average molecular weight is 377 g/mol. The maximum Gasteiger partial charge on any atom is 0.145 e. The van der Waals surface area contributed by atoms with Crippen LogP contribution < -0.4 is 5.73 Å². The summed E-state index contributed by atoms with van der Waals surface area (Å²) in [5.74, 6) is -1.31. The zero-order chi connectivity index (χ0) is 13.3. The van der Waals surface area contributed by atoms with Crippen molar-refractivity contribution in [1.82, 2.24) is 0 Å². The van der Waals surface area contributed by atoms with E-state index >= 15 is 0 Å². The third kappa shape index (κ3) is 2.63. The molecule has 1 unspecified atom stereocenters. The van der Waals surface area contributed by atoms with Gasteiger partial charge in [-0.25, -0.2) is 8.78 Å². The zero-order valence-corrected chi connectivity index (χ0v) is 12.3. The lowest BCUT2D eigenvalue weighted by Gasteiger charge is -2.15. The minimum atomic E-state index is -0.847. The van der Waals surface area contributed by atoms with E-state index in [1.807, 2.05) is 6.07 Å². The van der Waals surface area contributed by atoms with E-state index in [0.29, 0.717) is 5.56 Å². The molecule has 0 saturated carbocycles. The van der Waals surface area contributed by atoms with Crippen molar-refractivity contribution in [2.75, 3.05) is 0 Å². The molecule has 1 atom stereocenters. The molecule has 0 bridgehead atoms. The van der Waals surface area contributed by atoms with E-state index in [4.69, 9.17) is 5.73 Å². The number of rotatable bonds is 2. The van der Waals surface area contributed by atoms with Crippen molar-refractivity contribution in [2.24, 2.45) is 5.73 Å². The second-order valence-corrected chi connectivity index (χ2v) is 5.56. The number of hydrogen-bond acceptors (Lipinski definition) is 1. The van der Waals surface area contributed by atoms with Crippen molar-refractivity contribution in [3.05, 3.63) is 68.1 Å². The van der Waals surface area contributed by atoms with Crippen LogP contribution in [0.4, 0.5) is 8.78 Å². The maximum absolute atomic E-state index is 13.9. The summed E-state index contributed by atoms with van der Waals surface area (Å²) in [6, 6.07) is 8.73. The summed E-state index contributed by atoms with van der Waals surface area (Å²) in [6.07, 6.45) is 0. The van der Waals surface area contributed by atoms with Gasteiger partial charge in [-0.3, -0.25) is 0 Å². The fourth-order valence-electron chi connectivity index (χ4n) is 1.69. The highest BCUT2D eigenvalue weighted by atomic mass is 79.9. The fourth-order valence-corrected chi connectivity index (χ4v) is 2.46. The van der Waals surface area contributed by atoms with Gasteiger partial charge in [0.1, 0.15) is 11.6 Å². The first-order valence-corrected chi connectivity index (χ1v) is 6.73. The lowest BCUT2D eigenvalue weighted by Crippen LogP contribution is -2.16. The highest BCUT2D eigenvalue weighted by molar-refractivity contribution is 9.10. The van der Waals surface area contributed by atoms with Crippen LogP contribution in [0.2, 0.25) is 0 Å². The van der Waals surface area contributed by atoms with Crippen molar-refractivity contribution >= 4 is 31.9 Å². The molecule has 0 heterocycles. The molecule has 94 valence electrons. The Balaban J connectivity index is 2.52. The summed E-state index contributed by atoms with van der Waals surface area (Å²) in [6.45, 7) is 0. The van der Waals surface area contributed by atoms with E-state index in [9.17, 15) is 8.78 Å². The smallest absolute Gasteiger partial charge is 0.145 e. The fraction of sp³-hybridized carbons (Fsp3) is 0.0769. The van der Waals surface area contributed by atoms with Crippen molar-refractivity contribution in [2.45, 2.75) is 6.04 Å². The molecule has 0 aromatic heterocycles. The van der Waals surface area contributed by atoms with Gasteiger partial charge in [-0.2, -0.15) is 0 Å². The van der Waals surface area contributed by atoms with Crippen molar-refractivity contribution in [1.29, 1.82) is 0 Å². The molecule has 0 aliphatic rings. The van der Waals surface area contributed by atoms with Gasteiger partial charge in [-0.05, 0) is 45.8 Å². The molecule has 0 fully saturated rings. The van der Waals surface area contributed by atoms with Crippen LogP contribution in [0.25, 0.3) is 0 Å². The number of benzene rings is 2. The molecule has 2 rings (SSSR count). The van der Waals surface area contributed by atoms with Gasteiger partial charge in [-0.1, -0.05) is 28.1 Å². The molecular formula is C13H9Br2F2N. The van der Waals surface area contributed by atoms with Crippen LogP contribution in [-0.2, 0) is 0 Å². The van der Waals surface area contributed by atoms with Gasteiger partial charge in [0.2, 0.25) is 0 Å². The minimum absolute atomic E-state index is 0.137. The Kier molecular flexibility index (Phi) is 4.14. The van der Waals surface area contributed by atoms with Crippen LogP contribution in [0.15, 0.2) is 45.3 Å². The molecule has 0 amide bonds. The van der Waals surface area contributed by atoms with Crippen LogP contribution >= 0.6 is 31.9 Å². The number of nitrogens with two attached hydrogens (primary N) is 1. The van der Waals surface area contributed by atoms with Gasteiger partial charge in [0.05, 0.1) is 10.5 Å². The normalized spacial score (nSPS) is 12.5. The number of halogens is 4. The average Bonchev–Trinajstić information content (AvgIpc) is 2.34. The Morgan fingerprint density at radius 2 is 1.78 bits per heavy atom. The Morgan fingerprint density at radius 3 is 2.44 bits per heavy atom. The van der Waals surface area contributed by atoms with Gasteiger partial charge in [0.15, 0.2) is 0 Å². The summed E-state index contributed by atoms with van der Waals surface area (Å²) < 4.78 is 28.6. The highest BCUT2D eigenvalue weighted by Gasteiger charge is 2.20. The molecule has 2 aromatic rings. The molecule has 0 aliphatic heterocycles. The molecule has 2 N–H and O–H groups in total. The second-order valence-electron chi connectivity index (χ2n) is 3.79. The monoisotopic (exact) mass is 375 g/mol. The maximum atomic E-state index is 13.9. The van der Waals surface area contributed by atoms with E-state index in [2.05, 4.69) is 31.9 Å². The molecule has 0 saturated heterocycles. The lowest BCUT2D eigenvalue weighted by molar-refractivity contribution is 0.539. The van der Waals surface area contributed by atoms with E-state index in [1.165, 1.54) is 12.1 Å². The molecule has 2 aromatic carbocycles. The molecule has 1 nitrogen and oxygen atoms in total. The van der Waals surface area contributed by atoms with Crippen LogP contribution in [0.5, 0.6) is 0 Å². The predicted octanol–water partition coefficient (Wildman–Crippen LogP) is 4.54. The Hall–Kier alpha value is -0.780. The first-order valence-electron chi connectivity index (χ1n) is 5.15. The highest BCUT2D eigenvalue weighted by Crippen LogP contribution is 2.30. The summed E-state index contributed by atoms with van der Waals surface area (Å²) in [4.78, 5) is 0. The molecule has 0 aliphatic carbocycles. The Morgan fingerprint density at radius 1 is 1.06 bits per heavy atom. The van der Waals surface area contributed by atoms with Crippen LogP contribution in [-0.4, -0.2) is 0 Å². The van der Waals surface area contributed by atoms with Crippen LogP contribution in [0.1, 0.15) is 17.2 Å². The summed E-state index contributed by atoms with van der Waals surface area (Å²) in [7, 11) is 0. The van der Waals surface area contributed by atoms with Crippen molar-refractivity contribution < 1.29 is 8.78 Å². The molecule has 18 heavy (non-hydrogen) atoms. The van der Waals surface area contributed by atoms with E-state index in [0.717, 1.165) is 4.47 Å². The molecule has 0 spiro atoms. The van der Waals surface area contributed by atoms with Gasteiger partial charge in [0, 0.05) is 10.0 Å². The van der Waals surface area contributed by atoms with Crippen LogP contribution in [0.3, 0.4) is 0 Å². The summed E-state index contributed by atoms with van der Waals surface area (Å²) >= 11 is 6.33.